The predicted molar refractivity (Wildman–Crippen MR) is 113 cm³/mol. The van der Waals surface area contributed by atoms with Crippen LogP contribution in [-0.4, -0.2) is 40.0 Å². The van der Waals surface area contributed by atoms with Gasteiger partial charge in [0, 0.05) is 17.9 Å². The summed E-state index contributed by atoms with van der Waals surface area (Å²) in [5, 5.41) is 2.96. The molecule has 0 spiro atoms. The molecule has 0 radical (unpaired) electrons. The van der Waals surface area contributed by atoms with Gasteiger partial charge in [-0.2, -0.15) is 0 Å². The summed E-state index contributed by atoms with van der Waals surface area (Å²) in [5.41, 5.74) is 0.837. The summed E-state index contributed by atoms with van der Waals surface area (Å²) in [5.74, 6) is -0.451. The maximum atomic E-state index is 12.5. The lowest BCUT2D eigenvalue weighted by Gasteiger charge is -2.09. The molecule has 0 saturated carbocycles. The number of sulfone groups is 1. The number of carbonyl (C=O) groups is 1. The molecule has 29 heavy (non-hydrogen) atoms. The molecule has 1 aromatic heterocycles. The van der Waals surface area contributed by atoms with Gasteiger partial charge in [0.2, 0.25) is 10.0 Å². The van der Waals surface area contributed by atoms with Gasteiger partial charge in [0.25, 0.3) is 5.91 Å². The van der Waals surface area contributed by atoms with Gasteiger partial charge in [-0.15, -0.1) is 0 Å². The van der Waals surface area contributed by atoms with E-state index >= 15 is 0 Å². The number of nitrogens with zero attached hydrogens (tertiary/aromatic N) is 1. The van der Waals surface area contributed by atoms with Gasteiger partial charge in [-0.3, -0.25) is 10.1 Å². The molecule has 154 valence electrons. The SMILES string of the molecule is CC(C)NS(=O)(=O)c1ccc(C(=O)Nc2nc3ccc(S(C)(=O)=O)cc3s2)cc1. The Hall–Kier alpha value is -2.34. The van der Waals surface area contributed by atoms with Crippen LogP contribution in [0.5, 0.6) is 0 Å². The van der Waals surface area contributed by atoms with Crippen molar-refractivity contribution in [2.24, 2.45) is 0 Å². The zero-order chi connectivity index (χ0) is 21.4. The van der Waals surface area contributed by atoms with Crippen LogP contribution in [0.1, 0.15) is 24.2 Å². The number of nitrogens with one attached hydrogen (secondary N) is 2. The molecule has 3 aromatic rings. The van der Waals surface area contributed by atoms with Crippen LogP contribution in [0.3, 0.4) is 0 Å². The van der Waals surface area contributed by atoms with Crippen LogP contribution in [-0.2, 0) is 19.9 Å². The van der Waals surface area contributed by atoms with Crippen molar-refractivity contribution < 1.29 is 21.6 Å². The number of rotatable bonds is 6. The maximum Gasteiger partial charge on any atom is 0.257 e. The molecule has 2 aromatic carbocycles. The first-order valence-corrected chi connectivity index (χ1v) is 12.7. The van der Waals surface area contributed by atoms with Crippen molar-refractivity contribution >= 4 is 52.5 Å². The molecule has 0 aliphatic heterocycles. The summed E-state index contributed by atoms with van der Waals surface area (Å²) in [7, 11) is -6.97. The number of aromatic nitrogens is 1. The molecule has 11 heteroatoms. The third-order valence-electron chi connectivity index (χ3n) is 3.83. The Kier molecular flexibility index (Phi) is 5.77. The van der Waals surface area contributed by atoms with E-state index < -0.39 is 25.8 Å². The van der Waals surface area contributed by atoms with Gasteiger partial charge >= 0.3 is 0 Å². The lowest BCUT2D eigenvalue weighted by Crippen LogP contribution is -2.30. The summed E-state index contributed by atoms with van der Waals surface area (Å²) in [6.45, 7) is 3.44. The Morgan fingerprint density at radius 3 is 2.21 bits per heavy atom. The molecule has 0 bridgehead atoms. The van der Waals surface area contributed by atoms with Crippen molar-refractivity contribution in [1.82, 2.24) is 9.71 Å². The second kappa shape index (κ2) is 7.82. The summed E-state index contributed by atoms with van der Waals surface area (Å²) in [6, 6.07) is 9.86. The van der Waals surface area contributed by atoms with Gasteiger partial charge in [0.1, 0.15) is 0 Å². The van der Waals surface area contributed by atoms with E-state index in [1.54, 1.807) is 19.9 Å². The van der Waals surface area contributed by atoms with Crippen LogP contribution in [0.15, 0.2) is 52.3 Å². The zero-order valence-electron chi connectivity index (χ0n) is 15.8. The molecule has 0 aliphatic rings. The van der Waals surface area contributed by atoms with E-state index in [0.717, 1.165) is 17.6 Å². The van der Waals surface area contributed by atoms with E-state index in [1.807, 2.05) is 0 Å². The van der Waals surface area contributed by atoms with E-state index in [0.29, 0.717) is 15.3 Å². The Bertz CT molecular complexity index is 1280. The summed E-state index contributed by atoms with van der Waals surface area (Å²) < 4.78 is 50.7. The van der Waals surface area contributed by atoms with Crippen molar-refractivity contribution in [2.45, 2.75) is 29.7 Å². The van der Waals surface area contributed by atoms with E-state index in [4.69, 9.17) is 0 Å². The molecule has 3 rings (SSSR count). The largest absolute Gasteiger partial charge is 0.298 e. The molecule has 1 heterocycles. The highest BCUT2D eigenvalue weighted by molar-refractivity contribution is 7.90. The van der Waals surface area contributed by atoms with Crippen LogP contribution in [0.4, 0.5) is 5.13 Å². The first-order valence-electron chi connectivity index (χ1n) is 8.50. The topological polar surface area (TPSA) is 122 Å². The van der Waals surface area contributed by atoms with Crippen molar-refractivity contribution in [1.29, 1.82) is 0 Å². The number of anilines is 1. The van der Waals surface area contributed by atoms with E-state index in [1.165, 1.54) is 36.4 Å². The van der Waals surface area contributed by atoms with Gasteiger partial charge < -0.3 is 0 Å². The number of benzene rings is 2. The second-order valence-electron chi connectivity index (χ2n) is 6.68. The van der Waals surface area contributed by atoms with Crippen LogP contribution >= 0.6 is 11.3 Å². The molecule has 0 aliphatic carbocycles. The predicted octanol–water partition coefficient (Wildman–Crippen LogP) is 2.64. The highest BCUT2D eigenvalue weighted by Gasteiger charge is 2.17. The van der Waals surface area contributed by atoms with Gasteiger partial charge in [0.05, 0.1) is 20.0 Å². The first kappa shape index (κ1) is 21.4. The highest BCUT2D eigenvalue weighted by atomic mass is 32.2. The smallest absolute Gasteiger partial charge is 0.257 e. The minimum Gasteiger partial charge on any atom is -0.298 e. The highest BCUT2D eigenvalue weighted by Crippen LogP contribution is 2.28. The standard InChI is InChI=1S/C18H19N3O5S3/c1-11(2)21-29(25,26)13-6-4-12(5-7-13)17(22)20-18-19-15-9-8-14(28(3,23)24)10-16(15)27-18/h4-11,21H,1-3H3,(H,19,20,22). The molecule has 1 amide bonds. The van der Waals surface area contributed by atoms with Crippen LogP contribution in [0.2, 0.25) is 0 Å². The first-order chi connectivity index (χ1) is 13.5. The minimum atomic E-state index is -3.64. The summed E-state index contributed by atoms with van der Waals surface area (Å²) >= 11 is 1.15. The number of thiazole rings is 1. The van der Waals surface area contributed by atoms with Crippen molar-refractivity contribution in [3.8, 4) is 0 Å². The monoisotopic (exact) mass is 453 g/mol. The third-order valence-corrected chi connectivity index (χ3v) is 7.54. The molecule has 0 unspecified atom stereocenters. The molecule has 0 atom stereocenters. The average molecular weight is 454 g/mol. The second-order valence-corrected chi connectivity index (χ2v) is 11.4. The van der Waals surface area contributed by atoms with E-state index in [-0.39, 0.29) is 21.4 Å². The van der Waals surface area contributed by atoms with Crippen LogP contribution < -0.4 is 10.0 Å². The van der Waals surface area contributed by atoms with Crippen molar-refractivity contribution in [2.75, 3.05) is 11.6 Å². The number of amides is 1. The van der Waals surface area contributed by atoms with E-state index in [2.05, 4.69) is 15.0 Å². The molecule has 0 saturated heterocycles. The summed E-state index contributed by atoms with van der Waals surface area (Å²) in [4.78, 5) is 17.0. The fourth-order valence-electron chi connectivity index (χ4n) is 2.52. The van der Waals surface area contributed by atoms with Crippen LogP contribution in [0.25, 0.3) is 10.2 Å². The fraction of sp³-hybridized carbons (Fsp3) is 0.222. The quantitative estimate of drug-likeness (QED) is 0.592. The lowest BCUT2D eigenvalue weighted by molar-refractivity contribution is 0.102. The normalized spacial score (nSPS) is 12.4. The van der Waals surface area contributed by atoms with Crippen molar-refractivity contribution in [3.05, 3.63) is 48.0 Å². The number of fused-ring (bicyclic) bond motifs is 1. The van der Waals surface area contributed by atoms with Gasteiger partial charge in [-0.25, -0.2) is 26.5 Å². The molecule has 8 nitrogen and oxygen atoms in total. The number of carbonyl (C=O) groups excluding carboxylic acids is 1. The zero-order valence-corrected chi connectivity index (χ0v) is 18.3. The summed E-state index contributed by atoms with van der Waals surface area (Å²) in [6.07, 6.45) is 1.12. The molecular formula is C18H19N3O5S3. The van der Waals surface area contributed by atoms with Crippen molar-refractivity contribution in [3.63, 3.8) is 0 Å². The Labute approximate surface area is 173 Å². The lowest BCUT2D eigenvalue weighted by atomic mass is 10.2. The Morgan fingerprint density at radius 1 is 1.00 bits per heavy atom. The Balaban J connectivity index is 1.80. The van der Waals surface area contributed by atoms with Gasteiger partial charge in [-0.05, 0) is 56.3 Å². The molecule has 0 fully saturated rings. The fourth-order valence-corrected chi connectivity index (χ4v) is 5.40. The van der Waals surface area contributed by atoms with E-state index in [9.17, 15) is 21.6 Å². The average Bonchev–Trinajstić information content (AvgIpc) is 3.01. The molecule has 2 N–H and O–H groups in total. The number of sulfonamides is 1. The third kappa shape index (κ3) is 4.99. The van der Waals surface area contributed by atoms with Gasteiger partial charge in [0.15, 0.2) is 15.0 Å². The van der Waals surface area contributed by atoms with Crippen LogP contribution in [0, 0.1) is 0 Å². The Morgan fingerprint density at radius 2 is 1.62 bits per heavy atom. The number of hydrogen-bond acceptors (Lipinski definition) is 7. The minimum absolute atomic E-state index is 0.0658. The molecular weight excluding hydrogens is 434 g/mol. The maximum absolute atomic E-state index is 12.5. The van der Waals surface area contributed by atoms with Gasteiger partial charge in [-0.1, -0.05) is 11.3 Å². The number of hydrogen-bond donors (Lipinski definition) is 2.